The lowest BCUT2D eigenvalue weighted by Crippen LogP contribution is -2.51. The minimum absolute atomic E-state index is 0.00312. The Labute approximate surface area is 115 Å². The van der Waals surface area contributed by atoms with Crippen LogP contribution in [0.3, 0.4) is 0 Å². The Morgan fingerprint density at radius 3 is 2.68 bits per heavy atom. The van der Waals surface area contributed by atoms with E-state index in [2.05, 4.69) is 5.32 Å². The van der Waals surface area contributed by atoms with Crippen molar-refractivity contribution in [1.29, 1.82) is 0 Å². The van der Waals surface area contributed by atoms with Crippen LogP contribution in [0.4, 0.5) is 5.69 Å². The molecule has 0 saturated heterocycles. The van der Waals surface area contributed by atoms with E-state index in [9.17, 15) is 14.9 Å². The molecule has 6 nitrogen and oxygen atoms in total. The normalized spacial score (nSPS) is 17.4. The molecule has 104 valence electrons. The summed E-state index contributed by atoms with van der Waals surface area (Å²) in [6, 6.07) is 1.34. The molecular formula is C12H17N3O3S. The van der Waals surface area contributed by atoms with E-state index in [0.717, 1.165) is 37.0 Å². The summed E-state index contributed by atoms with van der Waals surface area (Å²) >= 11 is 1.15. The minimum Gasteiger partial charge on any atom is -0.345 e. The Balaban J connectivity index is 2.16. The zero-order valence-corrected chi connectivity index (χ0v) is 11.6. The predicted octanol–water partition coefficient (Wildman–Crippen LogP) is 1.97. The molecule has 0 bridgehead atoms. The molecule has 0 unspecified atom stereocenters. The SMILES string of the molecule is Cc1sc(C(=O)NC2(CN)CCCC2)cc1[N+](=O)[O-]. The van der Waals surface area contributed by atoms with Gasteiger partial charge in [0.15, 0.2) is 0 Å². The largest absolute Gasteiger partial charge is 0.345 e. The third-order valence-electron chi connectivity index (χ3n) is 3.64. The summed E-state index contributed by atoms with van der Waals surface area (Å²) in [5, 5.41) is 13.7. The number of hydrogen-bond donors (Lipinski definition) is 2. The number of nitrogens with one attached hydrogen (secondary N) is 1. The van der Waals surface area contributed by atoms with E-state index in [0.29, 0.717) is 16.3 Å². The first-order valence-corrected chi connectivity index (χ1v) is 7.06. The van der Waals surface area contributed by atoms with Crippen molar-refractivity contribution < 1.29 is 9.72 Å². The van der Waals surface area contributed by atoms with Crippen molar-refractivity contribution in [3.8, 4) is 0 Å². The zero-order chi connectivity index (χ0) is 14.0. The molecule has 0 atom stereocenters. The average molecular weight is 283 g/mol. The summed E-state index contributed by atoms with van der Waals surface area (Å²) in [5.74, 6) is -0.256. The Kier molecular flexibility index (Phi) is 3.86. The van der Waals surface area contributed by atoms with Crippen molar-refractivity contribution in [3.05, 3.63) is 25.9 Å². The van der Waals surface area contributed by atoms with Gasteiger partial charge < -0.3 is 11.1 Å². The monoisotopic (exact) mass is 283 g/mol. The summed E-state index contributed by atoms with van der Waals surface area (Å²) in [6.07, 6.45) is 3.87. The number of aryl methyl sites for hydroxylation is 1. The molecular weight excluding hydrogens is 266 g/mol. The molecule has 0 spiro atoms. The van der Waals surface area contributed by atoms with E-state index in [-0.39, 0.29) is 17.1 Å². The molecule has 1 aliphatic carbocycles. The van der Waals surface area contributed by atoms with Gasteiger partial charge in [-0.25, -0.2) is 0 Å². The molecule has 1 heterocycles. The first-order valence-electron chi connectivity index (χ1n) is 6.25. The highest BCUT2D eigenvalue weighted by Gasteiger charge is 2.34. The van der Waals surface area contributed by atoms with E-state index in [1.54, 1.807) is 6.92 Å². The van der Waals surface area contributed by atoms with E-state index >= 15 is 0 Å². The van der Waals surface area contributed by atoms with Crippen molar-refractivity contribution in [2.24, 2.45) is 5.73 Å². The van der Waals surface area contributed by atoms with Gasteiger partial charge in [-0.15, -0.1) is 11.3 Å². The van der Waals surface area contributed by atoms with Gasteiger partial charge in [-0.2, -0.15) is 0 Å². The number of carbonyl (C=O) groups is 1. The molecule has 1 saturated carbocycles. The first kappa shape index (κ1) is 14.0. The van der Waals surface area contributed by atoms with E-state index in [4.69, 9.17) is 5.73 Å². The van der Waals surface area contributed by atoms with Crippen LogP contribution in [0.15, 0.2) is 6.07 Å². The maximum absolute atomic E-state index is 12.2. The second kappa shape index (κ2) is 5.26. The number of carbonyl (C=O) groups excluding carboxylic acids is 1. The molecule has 0 radical (unpaired) electrons. The summed E-state index contributed by atoms with van der Waals surface area (Å²) < 4.78 is 0. The van der Waals surface area contributed by atoms with Crippen molar-refractivity contribution >= 4 is 22.9 Å². The molecule has 1 aromatic heterocycles. The van der Waals surface area contributed by atoms with Gasteiger partial charge in [0, 0.05) is 12.6 Å². The number of nitro groups is 1. The van der Waals surface area contributed by atoms with Crippen LogP contribution in [0, 0.1) is 17.0 Å². The number of nitrogens with zero attached hydrogens (tertiary/aromatic N) is 1. The topological polar surface area (TPSA) is 98.3 Å². The van der Waals surface area contributed by atoms with Crippen molar-refractivity contribution in [3.63, 3.8) is 0 Å². The Morgan fingerprint density at radius 2 is 2.21 bits per heavy atom. The maximum atomic E-state index is 12.2. The molecule has 3 N–H and O–H groups in total. The molecule has 1 aliphatic rings. The fourth-order valence-corrected chi connectivity index (χ4v) is 3.38. The van der Waals surface area contributed by atoms with Gasteiger partial charge in [-0.05, 0) is 19.8 Å². The highest BCUT2D eigenvalue weighted by molar-refractivity contribution is 7.14. The van der Waals surface area contributed by atoms with Gasteiger partial charge in [0.05, 0.1) is 20.2 Å². The van der Waals surface area contributed by atoms with Crippen LogP contribution in [-0.2, 0) is 0 Å². The molecule has 19 heavy (non-hydrogen) atoms. The number of hydrogen-bond acceptors (Lipinski definition) is 5. The average Bonchev–Trinajstić information content (AvgIpc) is 2.96. The van der Waals surface area contributed by atoms with Gasteiger partial charge in [0.25, 0.3) is 11.6 Å². The number of thiophene rings is 1. The second-order valence-corrected chi connectivity index (χ2v) is 6.21. The summed E-state index contributed by atoms with van der Waals surface area (Å²) in [7, 11) is 0. The van der Waals surface area contributed by atoms with Crippen LogP contribution in [0.2, 0.25) is 0 Å². The summed E-state index contributed by atoms with van der Waals surface area (Å²) in [4.78, 5) is 23.4. The highest BCUT2D eigenvalue weighted by atomic mass is 32.1. The van der Waals surface area contributed by atoms with Gasteiger partial charge in [0.2, 0.25) is 0 Å². The number of nitrogens with two attached hydrogens (primary N) is 1. The van der Waals surface area contributed by atoms with Crippen LogP contribution in [0.1, 0.15) is 40.2 Å². The predicted molar refractivity (Wildman–Crippen MR) is 73.4 cm³/mol. The van der Waals surface area contributed by atoms with E-state index < -0.39 is 4.92 Å². The van der Waals surface area contributed by atoms with Crippen LogP contribution < -0.4 is 11.1 Å². The van der Waals surface area contributed by atoms with Crippen molar-refractivity contribution in [2.45, 2.75) is 38.1 Å². The minimum atomic E-state index is -0.461. The second-order valence-electron chi connectivity index (χ2n) is 4.95. The van der Waals surface area contributed by atoms with E-state index in [1.807, 2.05) is 0 Å². The standard InChI is InChI=1S/C12H17N3O3S/c1-8-9(15(17)18)6-10(19-8)11(16)14-12(7-13)4-2-3-5-12/h6H,2-5,7,13H2,1H3,(H,14,16). The number of rotatable bonds is 4. The van der Waals surface area contributed by atoms with E-state index in [1.165, 1.54) is 6.07 Å². The first-order chi connectivity index (χ1) is 8.97. The Morgan fingerprint density at radius 1 is 1.58 bits per heavy atom. The zero-order valence-electron chi connectivity index (χ0n) is 10.8. The van der Waals surface area contributed by atoms with Crippen molar-refractivity contribution in [2.75, 3.05) is 6.54 Å². The Hall–Kier alpha value is -1.47. The highest BCUT2D eigenvalue weighted by Crippen LogP contribution is 2.31. The maximum Gasteiger partial charge on any atom is 0.283 e. The molecule has 0 aromatic carbocycles. The fraction of sp³-hybridized carbons (Fsp3) is 0.583. The third-order valence-corrected chi connectivity index (χ3v) is 4.68. The fourth-order valence-electron chi connectivity index (χ4n) is 2.50. The molecule has 7 heteroatoms. The smallest absolute Gasteiger partial charge is 0.283 e. The summed E-state index contributed by atoms with van der Waals surface area (Å²) in [5.41, 5.74) is 5.43. The summed E-state index contributed by atoms with van der Waals surface area (Å²) in [6.45, 7) is 2.05. The van der Waals surface area contributed by atoms with Gasteiger partial charge in [-0.1, -0.05) is 12.8 Å². The molecule has 1 amide bonds. The lowest BCUT2D eigenvalue weighted by Gasteiger charge is -2.28. The molecule has 1 fully saturated rings. The van der Waals surface area contributed by atoms with Gasteiger partial charge >= 0.3 is 0 Å². The van der Waals surface area contributed by atoms with Crippen LogP contribution in [0.25, 0.3) is 0 Å². The number of amides is 1. The lowest BCUT2D eigenvalue weighted by atomic mass is 9.98. The molecule has 0 aliphatic heterocycles. The van der Waals surface area contributed by atoms with Crippen LogP contribution in [0.5, 0.6) is 0 Å². The lowest BCUT2D eigenvalue weighted by molar-refractivity contribution is -0.385. The Bertz CT molecular complexity index is 506. The quantitative estimate of drug-likeness (QED) is 0.652. The van der Waals surface area contributed by atoms with Crippen molar-refractivity contribution in [1.82, 2.24) is 5.32 Å². The third kappa shape index (κ3) is 2.76. The van der Waals surface area contributed by atoms with Gasteiger partial charge in [0.1, 0.15) is 0 Å². The van der Waals surface area contributed by atoms with Crippen LogP contribution >= 0.6 is 11.3 Å². The van der Waals surface area contributed by atoms with Crippen LogP contribution in [-0.4, -0.2) is 22.9 Å². The van der Waals surface area contributed by atoms with Gasteiger partial charge in [-0.3, -0.25) is 14.9 Å². The molecule has 1 aromatic rings. The molecule has 2 rings (SSSR count).